The van der Waals surface area contributed by atoms with E-state index in [9.17, 15) is 13.2 Å². The number of carbonyl (C=O) groups excluding carboxylic acids is 1. The van der Waals surface area contributed by atoms with Crippen molar-refractivity contribution in [3.63, 3.8) is 0 Å². The third-order valence-corrected chi connectivity index (χ3v) is 7.72. The van der Waals surface area contributed by atoms with E-state index in [1.54, 1.807) is 24.1 Å². The molecule has 1 atom stereocenters. The Morgan fingerprint density at radius 2 is 1.81 bits per heavy atom. The number of carbonyl (C=O) groups is 1. The van der Waals surface area contributed by atoms with Crippen LogP contribution in [0.15, 0.2) is 36.4 Å². The lowest BCUT2D eigenvalue weighted by atomic mass is 10.1. The van der Waals surface area contributed by atoms with E-state index in [0.717, 1.165) is 18.4 Å². The molecule has 1 aliphatic heterocycles. The van der Waals surface area contributed by atoms with Crippen molar-refractivity contribution in [1.82, 2.24) is 4.90 Å². The van der Waals surface area contributed by atoms with Crippen LogP contribution in [0.4, 0.5) is 0 Å². The van der Waals surface area contributed by atoms with Crippen molar-refractivity contribution in [2.75, 3.05) is 25.2 Å². The van der Waals surface area contributed by atoms with Crippen molar-refractivity contribution in [2.45, 2.75) is 38.8 Å². The summed E-state index contributed by atoms with van der Waals surface area (Å²) in [5, 5.41) is 0.501. The smallest absolute Gasteiger partial charge is 0.254 e. The van der Waals surface area contributed by atoms with Gasteiger partial charge in [-0.05, 0) is 42.7 Å². The fourth-order valence-corrected chi connectivity index (χ4v) is 5.95. The van der Waals surface area contributed by atoms with Crippen LogP contribution in [0.2, 0.25) is 10.0 Å². The molecule has 1 unspecified atom stereocenters. The summed E-state index contributed by atoms with van der Waals surface area (Å²) in [6, 6.07) is 9.95. The molecule has 0 bridgehead atoms. The van der Waals surface area contributed by atoms with E-state index >= 15 is 0 Å². The summed E-state index contributed by atoms with van der Waals surface area (Å²) in [5.41, 5.74) is 1.15. The second-order valence-electron chi connectivity index (χ2n) is 7.81. The van der Waals surface area contributed by atoms with Crippen molar-refractivity contribution in [3.8, 4) is 11.5 Å². The van der Waals surface area contributed by atoms with Gasteiger partial charge in [-0.3, -0.25) is 4.79 Å². The summed E-state index contributed by atoms with van der Waals surface area (Å²) in [5.74, 6) is 0.729. The Labute approximate surface area is 199 Å². The zero-order chi connectivity index (χ0) is 23.3. The van der Waals surface area contributed by atoms with Crippen molar-refractivity contribution >= 4 is 38.9 Å². The number of halogens is 2. The van der Waals surface area contributed by atoms with Gasteiger partial charge >= 0.3 is 0 Å². The van der Waals surface area contributed by atoms with E-state index < -0.39 is 15.9 Å². The number of hydrogen-bond donors (Lipinski definition) is 0. The van der Waals surface area contributed by atoms with Gasteiger partial charge in [0.1, 0.15) is 5.75 Å². The van der Waals surface area contributed by atoms with Gasteiger partial charge in [-0.1, -0.05) is 48.7 Å². The zero-order valence-electron chi connectivity index (χ0n) is 18.1. The van der Waals surface area contributed by atoms with E-state index in [4.69, 9.17) is 32.7 Å². The monoisotopic (exact) mass is 499 g/mol. The predicted octanol–water partition coefficient (Wildman–Crippen LogP) is 5.01. The standard InChI is InChI=1S/C23H27Cl2NO5S/c1-3-4-10-31-22-20(24)12-17(13-21(22)25)23(27)26(18-9-11-32(28,29)15-18)14-16-5-7-19(30-2)8-6-16/h5-8,12-13,18H,3-4,9-11,14-15H2,1-2H3. The SMILES string of the molecule is CCCCOc1c(Cl)cc(C(=O)N(Cc2ccc(OC)cc2)C2CCS(=O)(=O)C2)cc1Cl. The number of methoxy groups -OCH3 is 1. The van der Waals surface area contributed by atoms with Gasteiger partial charge in [0.2, 0.25) is 0 Å². The Hall–Kier alpha value is -1.96. The molecule has 1 heterocycles. The molecule has 3 rings (SSSR count). The third-order valence-electron chi connectivity index (χ3n) is 5.41. The van der Waals surface area contributed by atoms with Crippen molar-refractivity contribution < 1.29 is 22.7 Å². The van der Waals surface area contributed by atoms with E-state index in [1.165, 1.54) is 12.1 Å². The molecule has 0 spiro atoms. The first kappa shape index (κ1) is 24.7. The molecule has 1 saturated heterocycles. The molecule has 0 radical (unpaired) electrons. The Bertz CT molecular complexity index is 1030. The van der Waals surface area contributed by atoms with Crippen LogP contribution in [-0.2, 0) is 16.4 Å². The number of amides is 1. The van der Waals surface area contributed by atoms with Gasteiger partial charge in [-0.25, -0.2) is 8.42 Å². The molecule has 0 N–H and O–H groups in total. The average molecular weight is 500 g/mol. The number of ether oxygens (including phenoxy) is 2. The second kappa shape index (κ2) is 10.8. The molecule has 9 heteroatoms. The first-order chi connectivity index (χ1) is 15.2. The number of sulfone groups is 1. The summed E-state index contributed by atoms with van der Waals surface area (Å²) in [4.78, 5) is 15.1. The molecule has 0 aromatic heterocycles. The molecule has 6 nitrogen and oxygen atoms in total. The summed E-state index contributed by atoms with van der Waals surface area (Å²) in [7, 11) is -1.60. The quantitative estimate of drug-likeness (QED) is 0.453. The highest BCUT2D eigenvalue weighted by molar-refractivity contribution is 7.91. The lowest BCUT2D eigenvalue weighted by Gasteiger charge is -2.29. The van der Waals surface area contributed by atoms with Gasteiger partial charge in [0, 0.05) is 18.2 Å². The molecule has 1 fully saturated rings. The minimum atomic E-state index is -3.18. The summed E-state index contributed by atoms with van der Waals surface area (Å²) >= 11 is 12.7. The Morgan fingerprint density at radius 1 is 1.16 bits per heavy atom. The molecule has 32 heavy (non-hydrogen) atoms. The molecule has 0 aliphatic carbocycles. The van der Waals surface area contributed by atoms with Crippen LogP contribution in [0.1, 0.15) is 42.1 Å². The number of unbranched alkanes of at least 4 members (excludes halogenated alkanes) is 1. The number of rotatable bonds is 9. The minimum absolute atomic E-state index is 0.0609. The lowest BCUT2D eigenvalue weighted by molar-refractivity contribution is 0.0681. The summed E-state index contributed by atoms with van der Waals surface area (Å²) in [6.45, 7) is 2.79. The molecule has 1 amide bonds. The van der Waals surface area contributed by atoms with Crippen LogP contribution >= 0.6 is 23.2 Å². The van der Waals surface area contributed by atoms with E-state index in [1.807, 2.05) is 12.1 Å². The fraction of sp³-hybridized carbons (Fsp3) is 0.435. The second-order valence-corrected chi connectivity index (χ2v) is 10.9. The summed E-state index contributed by atoms with van der Waals surface area (Å²) < 4.78 is 35.1. The van der Waals surface area contributed by atoms with Gasteiger partial charge < -0.3 is 14.4 Å². The van der Waals surface area contributed by atoms with Crippen LogP contribution in [0.5, 0.6) is 11.5 Å². The average Bonchev–Trinajstić information content (AvgIpc) is 3.13. The molecular formula is C23H27Cl2NO5S. The molecule has 174 valence electrons. The van der Waals surface area contributed by atoms with Crippen LogP contribution in [-0.4, -0.2) is 50.5 Å². The fourth-order valence-electron chi connectivity index (χ4n) is 3.62. The van der Waals surface area contributed by atoms with Gasteiger partial charge in [0.05, 0.1) is 35.3 Å². The van der Waals surface area contributed by atoms with Crippen LogP contribution in [0.3, 0.4) is 0 Å². The highest BCUT2D eigenvalue weighted by atomic mass is 35.5. The van der Waals surface area contributed by atoms with Gasteiger partial charge in [-0.2, -0.15) is 0 Å². The maximum Gasteiger partial charge on any atom is 0.254 e. The Kier molecular flexibility index (Phi) is 8.31. The molecule has 0 saturated carbocycles. The lowest BCUT2D eigenvalue weighted by Crippen LogP contribution is -2.40. The molecule has 1 aliphatic rings. The third kappa shape index (κ3) is 6.09. The van der Waals surface area contributed by atoms with Gasteiger partial charge in [0.25, 0.3) is 5.91 Å². The van der Waals surface area contributed by atoms with Crippen molar-refractivity contribution in [3.05, 3.63) is 57.6 Å². The highest BCUT2D eigenvalue weighted by Crippen LogP contribution is 2.35. The molecule has 2 aromatic rings. The molecular weight excluding hydrogens is 473 g/mol. The number of benzene rings is 2. The zero-order valence-corrected chi connectivity index (χ0v) is 20.5. The van der Waals surface area contributed by atoms with Crippen molar-refractivity contribution in [1.29, 1.82) is 0 Å². The van der Waals surface area contributed by atoms with E-state index in [-0.39, 0.29) is 34.0 Å². The van der Waals surface area contributed by atoms with E-state index in [0.29, 0.717) is 30.1 Å². The number of nitrogens with zero attached hydrogens (tertiary/aromatic N) is 1. The predicted molar refractivity (Wildman–Crippen MR) is 127 cm³/mol. The van der Waals surface area contributed by atoms with Gasteiger partial charge in [0.15, 0.2) is 15.6 Å². The first-order valence-corrected chi connectivity index (χ1v) is 13.1. The van der Waals surface area contributed by atoms with Crippen LogP contribution in [0, 0.1) is 0 Å². The first-order valence-electron chi connectivity index (χ1n) is 10.5. The number of hydrogen-bond acceptors (Lipinski definition) is 5. The largest absolute Gasteiger partial charge is 0.497 e. The molecule has 2 aromatic carbocycles. The Balaban J connectivity index is 1.89. The van der Waals surface area contributed by atoms with E-state index in [2.05, 4.69) is 6.92 Å². The maximum atomic E-state index is 13.5. The van der Waals surface area contributed by atoms with Gasteiger partial charge in [-0.15, -0.1) is 0 Å². The maximum absolute atomic E-state index is 13.5. The van der Waals surface area contributed by atoms with Crippen LogP contribution in [0.25, 0.3) is 0 Å². The van der Waals surface area contributed by atoms with Crippen molar-refractivity contribution in [2.24, 2.45) is 0 Å². The van der Waals surface area contributed by atoms with Crippen LogP contribution < -0.4 is 9.47 Å². The minimum Gasteiger partial charge on any atom is -0.497 e. The topological polar surface area (TPSA) is 72.9 Å². The Morgan fingerprint density at radius 3 is 2.34 bits per heavy atom. The normalized spacial score (nSPS) is 17.2. The highest BCUT2D eigenvalue weighted by Gasteiger charge is 2.35. The summed E-state index contributed by atoms with van der Waals surface area (Å²) in [6.07, 6.45) is 2.22.